The molecule has 0 atom stereocenters. The standard InChI is InChI=1S/C18H12F5N3O2/c19-8-2-3-9(12(20)6-8)13-11(18(21,22)23)7-10-14-15(13)28-5-1-4-26(14)17(27)25-16(10)24/h2-3,6-7H,1,4-5H2,(H2,24,25,27). The van der Waals surface area contributed by atoms with E-state index in [0.717, 1.165) is 16.7 Å². The smallest absolute Gasteiger partial charge is 0.417 e. The van der Waals surface area contributed by atoms with Crippen molar-refractivity contribution in [1.29, 1.82) is 0 Å². The van der Waals surface area contributed by atoms with Crippen molar-refractivity contribution in [2.75, 3.05) is 12.3 Å². The van der Waals surface area contributed by atoms with Gasteiger partial charge in [0.2, 0.25) is 0 Å². The predicted molar refractivity (Wildman–Crippen MR) is 90.9 cm³/mol. The van der Waals surface area contributed by atoms with E-state index in [9.17, 15) is 26.7 Å². The number of rotatable bonds is 1. The summed E-state index contributed by atoms with van der Waals surface area (Å²) in [5.41, 5.74) is 2.63. The number of halogens is 5. The zero-order valence-electron chi connectivity index (χ0n) is 14.1. The number of anilines is 1. The van der Waals surface area contributed by atoms with Gasteiger partial charge in [-0.1, -0.05) is 0 Å². The van der Waals surface area contributed by atoms with Gasteiger partial charge in [0.25, 0.3) is 0 Å². The lowest BCUT2D eigenvalue weighted by molar-refractivity contribution is -0.137. The number of aryl methyl sites for hydroxylation is 1. The highest BCUT2D eigenvalue weighted by molar-refractivity contribution is 5.99. The van der Waals surface area contributed by atoms with Crippen LogP contribution in [0.1, 0.15) is 12.0 Å². The van der Waals surface area contributed by atoms with Crippen LogP contribution in [0.15, 0.2) is 29.1 Å². The van der Waals surface area contributed by atoms with Crippen molar-refractivity contribution in [2.24, 2.45) is 0 Å². The fourth-order valence-corrected chi connectivity index (χ4v) is 3.36. The average Bonchev–Trinajstić information content (AvgIpc) is 2.82. The molecule has 0 aliphatic carbocycles. The lowest BCUT2D eigenvalue weighted by Gasteiger charge is -2.20. The summed E-state index contributed by atoms with van der Waals surface area (Å²) < 4.78 is 75.9. The summed E-state index contributed by atoms with van der Waals surface area (Å²) in [5, 5.41) is -0.130. The van der Waals surface area contributed by atoms with E-state index in [-0.39, 0.29) is 35.6 Å². The van der Waals surface area contributed by atoms with E-state index < -0.39 is 40.2 Å². The van der Waals surface area contributed by atoms with Gasteiger partial charge in [0, 0.05) is 29.1 Å². The first-order chi connectivity index (χ1) is 13.2. The molecule has 28 heavy (non-hydrogen) atoms. The number of aromatic nitrogens is 2. The first-order valence-corrected chi connectivity index (χ1v) is 8.21. The number of benzene rings is 2. The minimum absolute atomic E-state index is 0.00160. The lowest BCUT2D eigenvalue weighted by Crippen LogP contribution is -2.24. The maximum Gasteiger partial charge on any atom is 0.417 e. The quantitative estimate of drug-likeness (QED) is 0.636. The molecule has 0 bridgehead atoms. The van der Waals surface area contributed by atoms with Crippen LogP contribution in [-0.4, -0.2) is 16.2 Å². The maximum absolute atomic E-state index is 14.4. The molecular formula is C18H12F5N3O2. The van der Waals surface area contributed by atoms with Crippen molar-refractivity contribution >= 4 is 16.7 Å². The summed E-state index contributed by atoms with van der Waals surface area (Å²) in [6, 6.07) is 2.94. The van der Waals surface area contributed by atoms with Crippen LogP contribution in [-0.2, 0) is 12.7 Å². The van der Waals surface area contributed by atoms with Gasteiger partial charge in [0.1, 0.15) is 17.5 Å². The summed E-state index contributed by atoms with van der Waals surface area (Å²) >= 11 is 0. The number of hydrogen-bond acceptors (Lipinski definition) is 4. The molecule has 0 amide bonds. The summed E-state index contributed by atoms with van der Waals surface area (Å²) in [5.74, 6) is -2.85. The van der Waals surface area contributed by atoms with Gasteiger partial charge in [-0.05, 0) is 24.6 Å². The van der Waals surface area contributed by atoms with Gasteiger partial charge in [-0.25, -0.2) is 13.6 Å². The largest absolute Gasteiger partial charge is 0.491 e. The third kappa shape index (κ3) is 2.76. The molecule has 0 spiro atoms. The molecule has 0 saturated carbocycles. The fourth-order valence-electron chi connectivity index (χ4n) is 3.36. The Kier molecular flexibility index (Phi) is 4.02. The molecular weight excluding hydrogens is 385 g/mol. The second kappa shape index (κ2) is 6.18. The van der Waals surface area contributed by atoms with Gasteiger partial charge in [-0.15, -0.1) is 0 Å². The van der Waals surface area contributed by atoms with Gasteiger partial charge in [0.15, 0.2) is 5.75 Å². The highest BCUT2D eigenvalue weighted by atomic mass is 19.4. The first kappa shape index (κ1) is 18.2. The van der Waals surface area contributed by atoms with Gasteiger partial charge in [-0.3, -0.25) is 4.57 Å². The second-order valence-electron chi connectivity index (χ2n) is 6.28. The minimum Gasteiger partial charge on any atom is -0.491 e. The number of ether oxygens (including phenoxy) is 1. The molecule has 2 aromatic carbocycles. The Morgan fingerprint density at radius 1 is 1.18 bits per heavy atom. The van der Waals surface area contributed by atoms with E-state index in [0.29, 0.717) is 18.6 Å². The number of nitrogen functional groups attached to an aromatic ring is 1. The SMILES string of the molecule is Nc1nc(=O)n2c3c(c(-c4ccc(F)cc4F)c(C(F)(F)F)cc13)OCCC2. The van der Waals surface area contributed by atoms with Crippen LogP contribution in [0.25, 0.3) is 22.0 Å². The molecule has 5 nitrogen and oxygen atoms in total. The second-order valence-corrected chi connectivity index (χ2v) is 6.28. The lowest BCUT2D eigenvalue weighted by atomic mass is 9.95. The number of nitrogens with two attached hydrogens (primary N) is 1. The van der Waals surface area contributed by atoms with Crippen LogP contribution >= 0.6 is 0 Å². The number of hydrogen-bond donors (Lipinski definition) is 1. The molecule has 4 rings (SSSR count). The van der Waals surface area contributed by atoms with Crippen LogP contribution in [0.2, 0.25) is 0 Å². The molecule has 1 aromatic heterocycles. The molecule has 146 valence electrons. The Hall–Kier alpha value is -3.17. The first-order valence-electron chi connectivity index (χ1n) is 8.21. The molecule has 0 radical (unpaired) electrons. The number of nitrogens with zero attached hydrogens (tertiary/aromatic N) is 2. The van der Waals surface area contributed by atoms with Crippen LogP contribution in [0.3, 0.4) is 0 Å². The van der Waals surface area contributed by atoms with Gasteiger partial charge >= 0.3 is 11.9 Å². The zero-order chi connectivity index (χ0) is 20.2. The van der Waals surface area contributed by atoms with E-state index in [2.05, 4.69) is 4.98 Å². The molecule has 1 aliphatic rings. The maximum atomic E-state index is 14.4. The Bertz CT molecular complexity index is 1170. The van der Waals surface area contributed by atoms with E-state index in [1.54, 1.807) is 0 Å². The molecule has 2 heterocycles. The Labute approximate surface area is 154 Å². The zero-order valence-corrected chi connectivity index (χ0v) is 14.1. The normalized spacial score (nSPS) is 14.0. The van der Waals surface area contributed by atoms with Crippen molar-refractivity contribution in [3.05, 3.63) is 51.9 Å². The molecule has 1 aliphatic heterocycles. The van der Waals surface area contributed by atoms with Gasteiger partial charge < -0.3 is 10.5 Å². The van der Waals surface area contributed by atoms with Crippen molar-refractivity contribution in [1.82, 2.24) is 9.55 Å². The summed E-state index contributed by atoms with van der Waals surface area (Å²) in [6.45, 7) is 0.138. The Balaban J connectivity index is 2.24. The van der Waals surface area contributed by atoms with Crippen molar-refractivity contribution in [3.63, 3.8) is 0 Å². The fraction of sp³-hybridized carbons (Fsp3) is 0.222. The number of alkyl halides is 3. The topological polar surface area (TPSA) is 70.1 Å². The molecule has 0 unspecified atom stereocenters. The Morgan fingerprint density at radius 3 is 2.61 bits per heavy atom. The highest BCUT2D eigenvalue weighted by Gasteiger charge is 2.38. The van der Waals surface area contributed by atoms with E-state index in [1.807, 2.05) is 0 Å². The monoisotopic (exact) mass is 397 g/mol. The van der Waals surface area contributed by atoms with Crippen molar-refractivity contribution in [2.45, 2.75) is 19.1 Å². The third-order valence-corrected chi connectivity index (χ3v) is 4.53. The van der Waals surface area contributed by atoms with E-state index >= 15 is 0 Å². The van der Waals surface area contributed by atoms with Crippen LogP contribution in [0.4, 0.5) is 27.8 Å². The average molecular weight is 397 g/mol. The molecule has 2 N–H and O–H groups in total. The van der Waals surface area contributed by atoms with Crippen LogP contribution < -0.4 is 16.2 Å². The van der Waals surface area contributed by atoms with Crippen molar-refractivity contribution < 1.29 is 26.7 Å². The van der Waals surface area contributed by atoms with Crippen LogP contribution in [0.5, 0.6) is 5.75 Å². The highest BCUT2D eigenvalue weighted by Crippen LogP contribution is 2.47. The third-order valence-electron chi connectivity index (χ3n) is 4.53. The van der Waals surface area contributed by atoms with Gasteiger partial charge in [-0.2, -0.15) is 18.2 Å². The Morgan fingerprint density at radius 2 is 1.93 bits per heavy atom. The molecule has 10 heteroatoms. The summed E-state index contributed by atoms with van der Waals surface area (Å²) in [4.78, 5) is 15.8. The summed E-state index contributed by atoms with van der Waals surface area (Å²) in [7, 11) is 0. The van der Waals surface area contributed by atoms with E-state index in [4.69, 9.17) is 10.5 Å². The molecule has 0 saturated heterocycles. The van der Waals surface area contributed by atoms with Gasteiger partial charge in [0.05, 0.1) is 17.7 Å². The molecule has 0 fully saturated rings. The van der Waals surface area contributed by atoms with E-state index in [1.165, 1.54) is 0 Å². The van der Waals surface area contributed by atoms with Crippen LogP contribution in [0, 0.1) is 11.6 Å². The molecule has 3 aromatic rings. The van der Waals surface area contributed by atoms with Crippen molar-refractivity contribution in [3.8, 4) is 16.9 Å². The minimum atomic E-state index is -4.90. The predicted octanol–water partition coefficient (Wildman–Crippen LogP) is 3.73. The summed E-state index contributed by atoms with van der Waals surface area (Å²) in [6.07, 6.45) is -4.58.